The average molecular weight is 249 g/mol. The predicted molar refractivity (Wildman–Crippen MR) is 65.4 cm³/mol. The lowest BCUT2D eigenvalue weighted by Crippen LogP contribution is -2.33. The number of hydrogen-bond donors (Lipinski definition) is 1. The first-order valence-electron chi connectivity index (χ1n) is 6.05. The summed E-state index contributed by atoms with van der Waals surface area (Å²) in [7, 11) is -2.89. The maximum Gasteiger partial charge on any atom is 0.150 e. The molecular weight excluding hydrogens is 226 g/mol. The van der Waals surface area contributed by atoms with Crippen LogP contribution in [0.4, 0.5) is 0 Å². The number of ether oxygens (including phenoxy) is 1. The van der Waals surface area contributed by atoms with Gasteiger partial charge in [0.2, 0.25) is 0 Å². The van der Waals surface area contributed by atoms with Crippen molar-refractivity contribution in [2.45, 2.75) is 44.0 Å². The summed E-state index contributed by atoms with van der Waals surface area (Å²) in [5, 5.41) is 3.00. The van der Waals surface area contributed by atoms with Crippen molar-refractivity contribution in [2.24, 2.45) is 0 Å². The Labute approximate surface area is 98.7 Å². The van der Waals surface area contributed by atoms with Crippen molar-refractivity contribution < 1.29 is 13.2 Å². The fourth-order valence-corrected chi connectivity index (χ4v) is 3.28. The summed E-state index contributed by atoms with van der Waals surface area (Å²) in [5.41, 5.74) is 0. The van der Waals surface area contributed by atoms with Crippen LogP contribution in [0.25, 0.3) is 0 Å². The maximum atomic E-state index is 11.4. The molecule has 4 nitrogen and oxygen atoms in total. The van der Waals surface area contributed by atoms with Crippen LogP contribution in [0.1, 0.15) is 32.6 Å². The lowest BCUT2D eigenvalue weighted by atomic mass is 9.97. The summed E-state index contributed by atoms with van der Waals surface area (Å²) < 4.78 is 28.6. The molecule has 1 N–H and O–H groups in total. The van der Waals surface area contributed by atoms with Crippen LogP contribution >= 0.6 is 0 Å². The van der Waals surface area contributed by atoms with Gasteiger partial charge in [-0.25, -0.2) is 8.42 Å². The molecule has 0 aliphatic heterocycles. The highest BCUT2D eigenvalue weighted by Gasteiger charge is 2.29. The molecule has 2 unspecified atom stereocenters. The topological polar surface area (TPSA) is 55.4 Å². The van der Waals surface area contributed by atoms with Crippen molar-refractivity contribution in [3.63, 3.8) is 0 Å². The van der Waals surface area contributed by atoms with Crippen LogP contribution in [0.2, 0.25) is 0 Å². The third-order valence-corrected chi connectivity index (χ3v) is 4.71. The van der Waals surface area contributed by atoms with Gasteiger partial charge in [-0.3, -0.25) is 0 Å². The smallest absolute Gasteiger partial charge is 0.150 e. The Morgan fingerprint density at radius 2 is 2.12 bits per heavy atom. The molecule has 16 heavy (non-hydrogen) atoms. The molecule has 0 saturated heterocycles. The van der Waals surface area contributed by atoms with Crippen LogP contribution in [0.15, 0.2) is 0 Å². The number of nitrogens with one attached hydrogen (secondary N) is 1. The van der Waals surface area contributed by atoms with Gasteiger partial charge < -0.3 is 10.1 Å². The molecule has 1 fully saturated rings. The van der Waals surface area contributed by atoms with Crippen LogP contribution in [-0.2, 0) is 14.6 Å². The summed E-state index contributed by atoms with van der Waals surface area (Å²) in [4.78, 5) is 0. The van der Waals surface area contributed by atoms with Gasteiger partial charge in [-0.2, -0.15) is 0 Å². The van der Waals surface area contributed by atoms with Crippen molar-refractivity contribution in [3.8, 4) is 0 Å². The summed E-state index contributed by atoms with van der Waals surface area (Å²) in [6, 6.07) is 0. The van der Waals surface area contributed by atoms with Crippen molar-refractivity contribution in [2.75, 3.05) is 26.0 Å². The first kappa shape index (κ1) is 13.9. The first-order chi connectivity index (χ1) is 7.54. The van der Waals surface area contributed by atoms with Crippen LogP contribution in [0.5, 0.6) is 0 Å². The molecule has 0 bridgehead atoms. The van der Waals surface area contributed by atoms with E-state index in [1.54, 1.807) is 0 Å². The van der Waals surface area contributed by atoms with Crippen LogP contribution in [0, 0.1) is 0 Å². The maximum absolute atomic E-state index is 11.4. The van der Waals surface area contributed by atoms with Gasteiger partial charge in [-0.1, -0.05) is 6.92 Å². The second kappa shape index (κ2) is 6.57. The van der Waals surface area contributed by atoms with E-state index in [2.05, 4.69) is 12.2 Å². The first-order valence-corrected chi connectivity index (χ1v) is 8.00. The van der Waals surface area contributed by atoms with Crippen molar-refractivity contribution in [3.05, 3.63) is 0 Å². The minimum absolute atomic E-state index is 0.132. The Bertz CT molecular complexity index is 290. The lowest BCUT2D eigenvalue weighted by Gasteiger charge is -2.28. The van der Waals surface area contributed by atoms with E-state index in [4.69, 9.17) is 4.74 Å². The molecule has 96 valence electrons. The minimum Gasteiger partial charge on any atom is -0.377 e. The molecule has 0 aromatic rings. The van der Waals surface area contributed by atoms with Crippen molar-refractivity contribution in [1.82, 2.24) is 5.32 Å². The van der Waals surface area contributed by atoms with Gasteiger partial charge in [-0.05, 0) is 32.2 Å². The van der Waals surface area contributed by atoms with Crippen LogP contribution < -0.4 is 5.32 Å². The zero-order chi connectivity index (χ0) is 12.0. The molecule has 1 saturated carbocycles. The summed E-state index contributed by atoms with van der Waals surface area (Å²) >= 11 is 0. The second-order valence-corrected chi connectivity index (χ2v) is 6.79. The van der Waals surface area contributed by atoms with E-state index in [9.17, 15) is 8.42 Å². The SMILES string of the molecule is CCNCCOC1CCCC(S(C)(=O)=O)C1. The van der Waals surface area contributed by atoms with E-state index in [1.165, 1.54) is 6.26 Å². The lowest BCUT2D eigenvalue weighted by molar-refractivity contribution is 0.0314. The quantitative estimate of drug-likeness (QED) is 0.713. The Morgan fingerprint density at radius 3 is 2.75 bits per heavy atom. The largest absolute Gasteiger partial charge is 0.377 e. The monoisotopic (exact) mass is 249 g/mol. The fourth-order valence-electron chi connectivity index (χ4n) is 2.12. The zero-order valence-electron chi connectivity index (χ0n) is 10.2. The number of sulfone groups is 1. The van der Waals surface area contributed by atoms with E-state index < -0.39 is 9.84 Å². The third-order valence-electron chi connectivity index (χ3n) is 3.07. The molecule has 2 atom stereocenters. The Kier molecular flexibility index (Phi) is 5.72. The molecule has 5 heteroatoms. The van der Waals surface area contributed by atoms with Crippen LogP contribution in [-0.4, -0.2) is 45.7 Å². The molecule has 0 amide bonds. The van der Waals surface area contributed by atoms with Crippen molar-refractivity contribution >= 4 is 9.84 Å². The van der Waals surface area contributed by atoms with E-state index in [0.717, 1.165) is 32.4 Å². The second-order valence-electron chi connectivity index (χ2n) is 4.46. The Hall–Kier alpha value is -0.130. The van der Waals surface area contributed by atoms with Gasteiger partial charge in [-0.15, -0.1) is 0 Å². The minimum atomic E-state index is -2.89. The van der Waals surface area contributed by atoms with E-state index in [0.29, 0.717) is 13.0 Å². The van der Waals surface area contributed by atoms with Crippen molar-refractivity contribution in [1.29, 1.82) is 0 Å². The van der Waals surface area contributed by atoms with Gasteiger partial charge in [0.25, 0.3) is 0 Å². The van der Waals surface area contributed by atoms with Gasteiger partial charge in [0.15, 0.2) is 0 Å². The zero-order valence-corrected chi connectivity index (χ0v) is 11.1. The summed E-state index contributed by atoms with van der Waals surface area (Å²) in [6.45, 7) is 4.52. The molecule has 0 aromatic carbocycles. The molecular formula is C11H23NO3S. The molecule has 0 spiro atoms. The highest BCUT2D eigenvalue weighted by atomic mass is 32.2. The molecule has 0 aromatic heterocycles. The number of rotatable bonds is 6. The fraction of sp³-hybridized carbons (Fsp3) is 1.00. The number of hydrogen-bond acceptors (Lipinski definition) is 4. The molecule has 1 rings (SSSR count). The highest BCUT2D eigenvalue weighted by Crippen LogP contribution is 2.25. The highest BCUT2D eigenvalue weighted by molar-refractivity contribution is 7.91. The Balaban J connectivity index is 2.28. The Morgan fingerprint density at radius 1 is 1.38 bits per heavy atom. The van der Waals surface area contributed by atoms with Gasteiger partial charge in [0.05, 0.1) is 18.0 Å². The van der Waals surface area contributed by atoms with Gasteiger partial charge in [0, 0.05) is 12.8 Å². The summed E-state index contributed by atoms with van der Waals surface area (Å²) in [6.07, 6.45) is 4.89. The van der Waals surface area contributed by atoms with Gasteiger partial charge >= 0.3 is 0 Å². The van der Waals surface area contributed by atoms with E-state index in [-0.39, 0.29) is 11.4 Å². The van der Waals surface area contributed by atoms with E-state index in [1.807, 2.05) is 0 Å². The van der Waals surface area contributed by atoms with E-state index >= 15 is 0 Å². The normalized spacial score (nSPS) is 26.9. The van der Waals surface area contributed by atoms with Crippen LogP contribution in [0.3, 0.4) is 0 Å². The third kappa shape index (κ3) is 4.80. The molecule has 0 radical (unpaired) electrons. The standard InChI is InChI=1S/C11H23NO3S/c1-3-12-7-8-15-10-5-4-6-11(9-10)16(2,13)14/h10-12H,3-9H2,1-2H3. The molecule has 1 aliphatic carbocycles. The number of likely N-dealkylation sites (N-methyl/N-ethyl adjacent to an activating group) is 1. The predicted octanol–water partition coefficient (Wildman–Crippen LogP) is 0.968. The average Bonchev–Trinajstić information content (AvgIpc) is 2.24. The molecule has 0 heterocycles. The van der Waals surface area contributed by atoms with Gasteiger partial charge in [0.1, 0.15) is 9.84 Å². The molecule has 1 aliphatic rings. The summed E-state index contributed by atoms with van der Waals surface area (Å²) in [5.74, 6) is 0.